The van der Waals surface area contributed by atoms with Gasteiger partial charge in [0.05, 0.1) is 17.2 Å². The highest BCUT2D eigenvalue weighted by molar-refractivity contribution is 6.27. The van der Waals surface area contributed by atoms with Crippen molar-refractivity contribution < 1.29 is 38.5 Å². The van der Waals surface area contributed by atoms with Gasteiger partial charge in [-0.2, -0.15) is 0 Å². The fourth-order valence-corrected chi connectivity index (χ4v) is 4.67. The van der Waals surface area contributed by atoms with Crippen molar-refractivity contribution in [1.82, 2.24) is 4.90 Å². The Kier molecular flexibility index (Phi) is 15.3. The summed E-state index contributed by atoms with van der Waals surface area (Å²) in [6, 6.07) is 13.2. The van der Waals surface area contributed by atoms with Gasteiger partial charge in [0.25, 0.3) is 0 Å². The zero-order valence-corrected chi connectivity index (χ0v) is 26.7. The first-order chi connectivity index (χ1) is 21.0. The number of furan rings is 1. The number of carboxylic acids is 2. The van der Waals surface area contributed by atoms with Crippen molar-refractivity contribution in [3.8, 4) is 0 Å². The highest BCUT2D eigenvalue weighted by Crippen LogP contribution is 2.31. The molecule has 0 fully saturated rings. The monoisotopic (exact) mass is 609 g/mol. The number of esters is 1. The van der Waals surface area contributed by atoms with Gasteiger partial charge in [-0.1, -0.05) is 64.3 Å². The van der Waals surface area contributed by atoms with Gasteiger partial charge < -0.3 is 24.3 Å². The van der Waals surface area contributed by atoms with Crippen molar-refractivity contribution in [1.29, 1.82) is 0 Å². The van der Waals surface area contributed by atoms with Crippen molar-refractivity contribution in [3.05, 3.63) is 70.5 Å². The van der Waals surface area contributed by atoms with E-state index in [-0.39, 0.29) is 11.9 Å². The van der Waals surface area contributed by atoms with Crippen molar-refractivity contribution in [2.45, 2.75) is 92.1 Å². The predicted octanol–water partition coefficient (Wildman–Crippen LogP) is 7.17. The summed E-state index contributed by atoms with van der Waals surface area (Å²) in [6.07, 6.45) is 8.24. The van der Waals surface area contributed by atoms with Gasteiger partial charge in [-0.3, -0.25) is 4.79 Å². The number of aryl methyl sites for hydroxylation is 1. The summed E-state index contributed by atoms with van der Waals surface area (Å²) in [5.41, 5.74) is 3.48. The number of nitrogens with zero attached hydrogens (tertiary/aromatic N) is 1. The topological polar surface area (TPSA) is 134 Å². The van der Waals surface area contributed by atoms with Crippen LogP contribution in [-0.4, -0.2) is 64.5 Å². The van der Waals surface area contributed by atoms with Crippen LogP contribution in [0.4, 0.5) is 0 Å². The molecule has 0 atom stereocenters. The molecule has 0 unspecified atom stereocenters. The minimum absolute atomic E-state index is 0.0664. The summed E-state index contributed by atoms with van der Waals surface area (Å²) in [7, 11) is 0. The quantitative estimate of drug-likeness (QED) is 0.0984. The largest absolute Gasteiger partial charge is 0.473 e. The van der Waals surface area contributed by atoms with Crippen LogP contribution in [0.5, 0.6) is 0 Å². The molecule has 1 aromatic heterocycles. The van der Waals surface area contributed by atoms with Crippen molar-refractivity contribution >= 4 is 34.7 Å². The lowest BCUT2D eigenvalue weighted by Gasteiger charge is -2.22. The summed E-state index contributed by atoms with van der Waals surface area (Å²) < 4.78 is 11.5. The maximum Gasteiger partial charge on any atom is 0.414 e. The molecular weight excluding hydrogens is 562 g/mol. The Labute approximate surface area is 260 Å². The van der Waals surface area contributed by atoms with Crippen LogP contribution in [0.3, 0.4) is 0 Å². The predicted molar refractivity (Wildman–Crippen MR) is 170 cm³/mol. The molecule has 0 aliphatic carbocycles. The lowest BCUT2D eigenvalue weighted by Crippen LogP contribution is -2.28. The molecule has 0 saturated heterocycles. The van der Waals surface area contributed by atoms with Crippen LogP contribution in [0, 0.1) is 0 Å². The molecular formula is C35H47NO8. The van der Waals surface area contributed by atoms with Crippen LogP contribution in [0.1, 0.15) is 111 Å². The summed E-state index contributed by atoms with van der Waals surface area (Å²) in [6.45, 7) is 13.6. The van der Waals surface area contributed by atoms with E-state index in [1.54, 1.807) is 18.2 Å². The number of fused-ring (bicyclic) bond motifs is 1. The number of carbonyl (C=O) groups is 4. The van der Waals surface area contributed by atoms with Crippen LogP contribution in [0.15, 0.2) is 46.9 Å². The van der Waals surface area contributed by atoms with Crippen LogP contribution in [-0.2, 0) is 27.2 Å². The number of ether oxygens (including phenoxy) is 1. The van der Waals surface area contributed by atoms with E-state index in [1.165, 1.54) is 31.2 Å². The van der Waals surface area contributed by atoms with Gasteiger partial charge in [0.2, 0.25) is 0 Å². The average molecular weight is 610 g/mol. The number of ketones is 1. The molecule has 0 bridgehead atoms. The maximum absolute atomic E-state index is 13.8. The van der Waals surface area contributed by atoms with E-state index < -0.39 is 17.9 Å². The van der Waals surface area contributed by atoms with E-state index >= 15 is 0 Å². The number of rotatable bonds is 16. The van der Waals surface area contributed by atoms with Crippen LogP contribution in [0.25, 0.3) is 11.0 Å². The molecule has 240 valence electrons. The average Bonchev–Trinajstić information content (AvgIpc) is 3.37. The Morgan fingerprint density at radius 1 is 0.773 bits per heavy atom. The zero-order chi connectivity index (χ0) is 32.6. The number of unbranched alkanes of at least 4 members (excludes halogenated alkanes) is 3. The van der Waals surface area contributed by atoms with E-state index in [2.05, 4.69) is 37.8 Å². The molecule has 9 heteroatoms. The van der Waals surface area contributed by atoms with E-state index in [4.69, 9.17) is 29.0 Å². The lowest BCUT2D eigenvalue weighted by atomic mass is 9.96. The van der Waals surface area contributed by atoms with Gasteiger partial charge in [-0.25, -0.2) is 14.4 Å². The second-order valence-electron chi connectivity index (χ2n) is 11.1. The lowest BCUT2D eigenvalue weighted by molar-refractivity contribution is -0.159. The minimum Gasteiger partial charge on any atom is -0.473 e. The number of carboxylic acid groups (broad SMARTS) is 2. The number of hydrogen-bond donors (Lipinski definition) is 2. The molecule has 44 heavy (non-hydrogen) atoms. The fraction of sp³-hybridized carbons (Fsp3) is 0.486. The van der Waals surface area contributed by atoms with Gasteiger partial charge >= 0.3 is 17.9 Å². The molecule has 0 spiro atoms. The Hall–Kier alpha value is -3.98. The van der Waals surface area contributed by atoms with Crippen molar-refractivity contribution in [2.24, 2.45) is 0 Å². The van der Waals surface area contributed by atoms with Crippen molar-refractivity contribution in [3.63, 3.8) is 0 Å². The zero-order valence-electron chi connectivity index (χ0n) is 26.7. The van der Waals surface area contributed by atoms with Crippen molar-refractivity contribution in [2.75, 3.05) is 19.6 Å². The fourth-order valence-electron chi connectivity index (χ4n) is 4.67. The molecule has 1 heterocycles. The number of aliphatic carboxylic acids is 2. The molecule has 0 aliphatic heterocycles. The molecule has 0 saturated carbocycles. The molecule has 0 radical (unpaired) electrons. The molecule has 2 N–H and O–H groups in total. The van der Waals surface area contributed by atoms with Gasteiger partial charge in [0, 0.05) is 23.9 Å². The molecule has 2 aromatic carbocycles. The number of hydrogen-bond acceptors (Lipinski definition) is 7. The number of benzene rings is 2. The second kappa shape index (κ2) is 18.6. The highest BCUT2D eigenvalue weighted by atomic mass is 16.5. The smallest absolute Gasteiger partial charge is 0.414 e. The van der Waals surface area contributed by atoms with Crippen LogP contribution >= 0.6 is 0 Å². The molecule has 3 rings (SSSR count). The normalized spacial score (nSPS) is 11.0. The SMILES string of the molecule is CCCCc1oc2ccc(C(=O)OC(C)C)cc2c1C(=O)c1ccc(CCN(CCCC)CCCC)cc1.O=C(O)C(=O)O. The van der Waals surface area contributed by atoms with Gasteiger partial charge in [0.15, 0.2) is 5.78 Å². The molecule has 3 aromatic rings. The third-order valence-corrected chi connectivity index (χ3v) is 7.10. The van der Waals surface area contributed by atoms with Gasteiger partial charge in [0.1, 0.15) is 11.3 Å². The summed E-state index contributed by atoms with van der Waals surface area (Å²) in [5.74, 6) is -3.42. The first kappa shape index (κ1) is 36.2. The maximum atomic E-state index is 13.8. The van der Waals surface area contributed by atoms with E-state index in [1.807, 2.05) is 26.0 Å². The highest BCUT2D eigenvalue weighted by Gasteiger charge is 2.23. The van der Waals surface area contributed by atoms with Gasteiger partial charge in [-0.15, -0.1) is 0 Å². The summed E-state index contributed by atoms with van der Waals surface area (Å²) >= 11 is 0. The Morgan fingerprint density at radius 2 is 1.34 bits per heavy atom. The van der Waals surface area contributed by atoms with Crippen LogP contribution in [0.2, 0.25) is 0 Å². The summed E-state index contributed by atoms with van der Waals surface area (Å²) in [4.78, 5) is 47.1. The third kappa shape index (κ3) is 11.3. The third-order valence-electron chi connectivity index (χ3n) is 7.10. The standard InChI is InChI=1S/C33H45NO4.C2H2O4/c1-6-9-12-30-31(28-23-27(17-18-29(28)38-30)33(36)37-24(4)5)32(35)26-15-13-25(14-16-26)19-22-34(20-10-7-2)21-11-8-3;3-1(4)2(5)6/h13-18,23-24H,6-12,19-22H2,1-5H3;(H,3,4)(H,5,6). The molecule has 0 amide bonds. The Bertz CT molecular complexity index is 1350. The first-order valence-electron chi connectivity index (χ1n) is 15.6. The van der Waals surface area contributed by atoms with E-state index in [0.29, 0.717) is 39.8 Å². The van der Waals surface area contributed by atoms with Gasteiger partial charge in [-0.05, 0) is 76.4 Å². The molecule has 9 nitrogen and oxygen atoms in total. The summed E-state index contributed by atoms with van der Waals surface area (Å²) in [5, 5.41) is 15.5. The first-order valence-corrected chi connectivity index (χ1v) is 15.6. The van der Waals surface area contributed by atoms with E-state index in [0.717, 1.165) is 38.9 Å². The molecule has 0 aliphatic rings. The number of carbonyl (C=O) groups excluding carboxylic acids is 2. The van der Waals surface area contributed by atoms with E-state index in [9.17, 15) is 9.59 Å². The Morgan fingerprint density at radius 3 is 1.86 bits per heavy atom. The second-order valence-corrected chi connectivity index (χ2v) is 11.1. The van der Waals surface area contributed by atoms with Crippen LogP contribution < -0.4 is 0 Å². The Balaban J connectivity index is 0.00000102. The minimum atomic E-state index is -1.82.